The first-order chi connectivity index (χ1) is 8.00. The molecule has 0 aliphatic carbocycles. The zero-order valence-corrected chi connectivity index (χ0v) is 10.8. The van der Waals surface area contributed by atoms with E-state index >= 15 is 0 Å². The minimum atomic E-state index is -3.34. The van der Waals surface area contributed by atoms with E-state index in [4.69, 9.17) is 0 Å². The Labute approximate surface area is 102 Å². The lowest BCUT2D eigenvalue weighted by Crippen LogP contribution is -2.57. The number of amides is 1. The van der Waals surface area contributed by atoms with Gasteiger partial charge in [0.2, 0.25) is 15.9 Å². The first-order valence-corrected chi connectivity index (χ1v) is 7.62. The lowest BCUT2D eigenvalue weighted by Gasteiger charge is -2.32. The molecule has 2 N–H and O–H groups in total. The standard InChI is InChI=1S/C10H19N3O3S/c1-8-10(14)12-5-6-13(8)17(15,16)7-9-3-2-4-11-9/h8-9,11H,2-7H2,1H3,(H,12,14). The number of hydrogen-bond donors (Lipinski definition) is 2. The van der Waals surface area contributed by atoms with Crippen molar-refractivity contribution in [3.8, 4) is 0 Å². The summed E-state index contributed by atoms with van der Waals surface area (Å²) in [5.74, 6) is -0.107. The molecule has 2 rings (SSSR count). The maximum Gasteiger partial charge on any atom is 0.238 e. The van der Waals surface area contributed by atoms with Crippen LogP contribution in [0.1, 0.15) is 19.8 Å². The van der Waals surface area contributed by atoms with Gasteiger partial charge >= 0.3 is 0 Å². The van der Waals surface area contributed by atoms with Gasteiger partial charge in [-0.25, -0.2) is 8.42 Å². The van der Waals surface area contributed by atoms with Crippen molar-refractivity contribution in [2.45, 2.75) is 31.8 Å². The fourth-order valence-electron chi connectivity index (χ4n) is 2.39. The maximum atomic E-state index is 12.2. The van der Waals surface area contributed by atoms with E-state index in [0.29, 0.717) is 13.1 Å². The molecule has 0 bridgehead atoms. The summed E-state index contributed by atoms with van der Waals surface area (Å²) in [6.07, 6.45) is 1.92. The lowest BCUT2D eigenvalue weighted by molar-refractivity contribution is -0.126. The topological polar surface area (TPSA) is 78.5 Å². The highest BCUT2D eigenvalue weighted by atomic mass is 32.2. The van der Waals surface area contributed by atoms with Gasteiger partial charge in [0.05, 0.1) is 5.75 Å². The minimum Gasteiger partial charge on any atom is -0.353 e. The Bertz CT molecular complexity index is 390. The smallest absolute Gasteiger partial charge is 0.238 e. The predicted octanol–water partition coefficient (Wildman–Crippen LogP) is -1.11. The average Bonchev–Trinajstić information content (AvgIpc) is 2.73. The molecule has 2 aliphatic heterocycles. The largest absolute Gasteiger partial charge is 0.353 e. The quantitative estimate of drug-likeness (QED) is 0.675. The number of nitrogens with zero attached hydrogens (tertiary/aromatic N) is 1. The van der Waals surface area contributed by atoms with E-state index in [1.807, 2.05) is 0 Å². The molecule has 2 heterocycles. The van der Waals surface area contributed by atoms with Gasteiger partial charge in [-0.15, -0.1) is 0 Å². The molecule has 2 unspecified atom stereocenters. The fraction of sp³-hybridized carbons (Fsp3) is 0.900. The number of rotatable bonds is 3. The van der Waals surface area contributed by atoms with Crippen molar-refractivity contribution in [3.05, 3.63) is 0 Å². The van der Waals surface area contributed by atoms with Gasteiger partial charge in [-0.1, -0.05) is 0 Å². The molecule has 0 aromatic rings. The molecule has 2 saturated heterocycles. The summed E-state index contributed by atoms with van der Waals surface area (Å²) in [6.45, 7) is 3.30. The summed E-state index contributed by atoms with van der Waals surface area (Å²) >= 11 is 0. The number of carbonyl (C=O) groups excluding carboxylic acids is 1. The van der Waals surface area contributed by atoms with Gasteiger partial charge < -0.3 is 10.6 Å². The van der Waals surface area contributed by atoms with Gasteiger partial charge in [0, 0.05) is 19.1 Å². The Balaban J connectivity index is 2.05. The van der Waals surface area contributed by atoms with Crippen LogP contribution in [-0.2, 0) is 14.8 Å². The summed E-state index contributed by atoms with van der Waals surface area (Å²) in [6, 6.07) is -0.549. The Morgan fingerprint density at radius 2 is 2.18 bits per heavy atom. The van der Waals surface area contributed by atoms with Crippen molar-refractivity contribution in [1.29, 1.82) is 0 Å². The van der Waals surface area contributed by atoms with Crippen LogP contribution in [-0.4, -0.2) is 56.1 Å². The molecule has 2 atom stereocenters. The highest BCUT2D eigenvalue weighted by Gasteiger charge is 2.36. The van der Waals surface area contributed by atoms with Crippen molar-refractivity contribution in [3.63, 3.8) is 0 Å². The second-order valence-corrected chi connectivity index (χ2v) is 6.62. The summed E-state index contributed by atoms with van der Waals surface area (Å²) in [5, 5.41) is 5.84. The van der Waals surface area contributed by atoms with Crippen molar-refractivity contribution in [2.24, 2.45) is 0 Å². The summed E-state index contributed by atoms with van der Waals surface area (Å²) < 4.78 is 25.7. The van der Waals surface area contributed by atoms with Crippen molar-refractivity contribution < 1.29 is 13.2 Å². The number of carbonyl (C=O) groups is 1. The number of piperazine rings is 1. The van der Waals surface area contributed by atoms with E-state index in [2.05, 4.69) is 10.6 Å². The predicted molar refractivity (Wildman–Crippen MR) is 64.0 cm³/mol. The molecule has 0 aromatic heterocycles. The third-order valence-corrected chi connectivity index (χ3v) is 5.41. The van der Waals surface area contributed by atoms with Gasteiger partial charge in [-0.05, 0) is 26.3 Å². The normalized spacial score (nSPS) is 31.5. The zero-order valence-electron chi connectivity index (χ0n) is 9.98. The Hall–Kier alpha value is -0.660. The van der Waals surface area contributed by atoms with Gasteiger partial charge in [-0.2, -0.15) is 4.31 Å². The van der Waals surface area contributed by atoms with Crippen LogP contribution in [0.4, 0.5) is 0 Å². The van der Waals surface area contributed by atoms with E-state index < -0.39 is 16.1 Å². The second-order valence-electron chi connectivity index (χ2n) is 4.65. The number of hydrogen-bond acceptors (Lipinski definition) is 4. The van der Waals surface area contributed by atoms with Crippen molar-refractivity contribution in [2.75, 3.05) is 25.4 Å². The molecule has 1 amide bonds. The zero-order chi connectivity index (χ0) is 12.5. The third-order valence-electron chi connectivity index (χ3n) is 3.37. The van der Waals surface area contributed by atoms with Crippen LogP contribution >= 0.6 is 0 Å². The van der Waals surface area contributed by atoms with E-state index in [1.165, 1.54) is 4.31 Å². The molecule has 0 aromatic carbocycles. The maximum absolute atomic E-state index is 12.2. The molecule has 0 saturated carbocycles. The van der Waals surface area contributed by atoms with E-state index in [0.717, 1.165) is 19.4 Å². The minimum absolute atomic E-state index is 0.0391. The summed E-state index contributed by atoms with van der Waals surface area (Å²) in [5.41, 5.74) is 0. The van der Waals surface area contributed by atoms with Crippen molar-refractivity contribution >= 4 is 15.9 Å². The van der Waals surface area contributed by atoms with E-state index in [9.17, 15) is 13.2 Å². The van der Waals surface area contributed by atoms with Crippen LogP contribution in [0.2, 0.25) is 0 Å². The average molecular weight is 261 g/mol. The van der Waals surface area contributed by atoms with Crippen LogP contribution < -0.4 is 10.6 Å². The molecule has 2 fully saturated rings. The van der Waals surface area contributed by atoms with Gasteiger partial charge in [-0.3, -0.25) is 4.79 Å². The van der Waals surface area contributed by atoms with Crippen LogP contribution in [0.5, 0.6) is 0 Å². The molecule has 17 heavy (non-hydrogen) atoms. The SMILES string of the molecule is CC1C(=O)NCCN1S(=O)(=O)CC1CCCN1. The van der Waals surface area contributed by atoms with Gasteiger partial charge in [0.15, 0.2) is 0 Å². The highest BCUT2D eigenvalue weighted by molar-refractivity contribution is 7.89. The highest BCUT2D eigenvalue weighted by Crippen LogP contribution is 2.15. The molecule has 2 aliphatic rings. The molecular weight excluding hydrogens is 242 g/mol. The molecule has 6 nitrogen and oxygen atoms in total. The molecule has 0 radical (unpaired) electrons. The second kappa shape index (κ2) is 4.91. The molecule has 98 valence electrons. The van der Waals surface area contributed by atoms with Crippen molar-refractivity contribution in [1.82, 2.24) is 14.9 Å². The Morgan fingerprint density at radius 1 is 1.41 bits per heavy atom. The van der Waals surface area contributed by atoms with Crippen LogP contribution in [0.3, 0.4) is 0 Å². The van der Waals surface area contributed by atoms with Gasteiger partial charge in [0.1, 0.15) is 6.04 Å². The van der Waals surface area contributed by atoms with E-state index in [1.54, 1.807) is 6.92 Å². The Morgan fingerprint density at radius 3 is 2.82 bits per heavy atom. The third kappa shape index (κ3) is 2.78. The van der Waals surface area contributed by atoms with E-state index in [-0.39, 0.29) is 17.7 Å². The van der Waals surface area contributed by atoms with Crippen LogP contribution in [0, 0.1) is 0 Å². The Kier molecular flexibility index (Phi) is 3.70. The first kappa shape index (κ1) is 12.8. The summed E-state index contributed by atoms with van der Waals surface area (Å²) in [4.78, 5) is 11.5. The van der Waals surface area contributed by atoms with Crippen LogP contribution in [0.25, 0.3) is 0 Å². The number of nitrogens with one attached hydrogen (secondary N) is 2. The number of sulfonamides is 1. The fourth-order valence-corrected chi connectivity index (χ4v) is 4.32. The summed E-state index contributed by atoms with van der Waals surface area (Å²) in [7, 11) is -3.34. The lowest BCUT2D eigenvalue weighted by atomic mass is 10.2. The molecule has 0 spiro atoms. The first-order valence-electron chi connectivity index (χ1n) is 6.01. The monoisotopic (exact) mass is 261 g/mol. The van der Waals surface area contributed by atoms with Crippen LogP contribution in [0.15, 0.2) is 0 Å². The molecular formula is C10H19N3O3S. The molecule has 7 heteroatoms. The van der Waals surface area contributed by atoms with Gasteiger partial charge in [0.25, 0.3) is 0 Å².